The van der Waals surface area contributed by atoms with Gasteiger partial charge in [0.25, 0.3) is 0 Å². The average Bonchev–Trinajstić information content (AvgIpc) is 3.55. The smallest absolute Gasteiger partial charge is 0.365 e. The zero-order valence-corrected chi connectivity index (χ0v) is 23.9. The number of imidazole rings is 1. The second-order valence-electron chi connectivity index (χ2n) is 10.6. The van der Waals surface area contributed by atoms with Crippen molar-refractivity contribution in [2.24, 2.45) is 5.73 Å². The van der Waals surface area contributed by atoms with Gasteiger partial charge in [0.05, 0.1) is 6.33 Å². The summed E-state index contributed by atoms with van der Waals surface area (Å²) in [4.78, 5) is 31.9. The number of hydrogen-bond donors (Lipinski definition) is 4. The van der Waals surface area contributed by atoms with Crippen LogP contribution >= 0.6 is 24.8 Å². The molecule has 0 spiro atoms. The Balaban J connectivity index is 0.00000200. The highest BCUT2D eigenvalue weighted by molar-refractivity contribution is 5.86. The Morgan fingerprint density at radius 2 is 1.68 bits per heavy atom. The second kappa shape index (κ2) is 14.3. The molecule has 0 atom stereocenters. The van der Waals surface area contributed by atoms with Crippen molar-refractivity contribution in [1.29, 1.82) is 0 Å². The Morgan fingerprint density at radius 1 is 1.00 bits per heavy atom. The third kappa shape index (κ3) is 7.52. The molecule has 2 aromatic heterocycles. The summed E-state index contributed by atoms with van der Waals surface area (Å²) in [6.45, 7) is 3.99. The van der Waals surface area contributed by atoms with E-state index in [0.29, 0.717) is 43.7 Å². The molecule has 1 amide bonds. The standard InChI is InChI=1S/C25H41N9O2.2ClH/c1-2-13-27-25(35)36-33-14-11-19(12-15-33)29-22-21-23(34(16-28-21)20-5-3-4-6-20)32-24(31-22)30-18-9-7-17(26)8-10-18;;/h16-20H,2-15,26H2,1H3,(H,27,35)(H2,29,30,31,32);2*1H. The van der Waals surface area contributed by atoms with Crippen LogP contribution in [0.15, 0.2) is 6.33 Å². The van der Waals surface area contributed by atoms with Gasteiger partial charge >= 0.3 is 6.09 Å². The van der Waals surface area contributed by atoms with E-state index in [2.05, 4.69) is 20.5 Å². The fourth-order valence-electron chi connectivity index (χ4n) is 5.64. The van der Waals surface area contributed by atoms with Crippen molar-refractivity contribution in [2.45, 2.75) is 102 Å². The highest BCUT2D eigenvalue weighted by atomic mass is 35.5. The summed E-state index contributed by atoms with van der Waals surface area (Å²) in [6, 6.07) is 1.33. The first-order valence-electron chi connectivity index (χ1n) is 13.8. The molecule has 0 radical (unpaired) electrons. The molecule has 1 saturated heterocycles. The molecule has 5 rings (SSSR count). The third-order valence-electron chi connectivity index (χ3n) is 7.77. The van der Waals surface area contributed by atoms with E-state index >= 15 is 0 Å². The Kier molecular flexibility index (Phi) is 11.5. The van der Waals surface area contributed by atoms with Crippen LogP contribution in [0.25, 0.3) is 11.2 Å². The maximum atomic E-state index is 11.9. The minimum atomic E-state index is -0.377. The van der Waals surface area contributed by atoms with Crippen LogP contribution in [0.5, 0.6) is 0 Å². The molecule has 0 unspecified atom stereocenters. The van der Waals surface area contributed by atoms with E-state index in [0.717, 1.165) is 61.9 Å². The number of carbonyl (C=O) groups excluding carboxylic acids is 1. The number of nitrogens with one attached hydrogen (secondary N) is 3. The van der Waals surface area contributed by atoms with Crippen LogP contribution in [0.2, 0.25) is 0 Å². The van der Waals surface area contributed by atoms with Crippen molar-refractivity contribution in [3.8, 4) is 0 Å². The first-order chi connectivity index (χ1) is 17.6. The predicted molar refractivity (Wildman–Crippen MR) is 154 cm³/mol. The molecule has 2 aromatic rings. The highest BCUT2D eigenvalue weighted by Gasteiger charge is 2.26. The minimum absolute atomic E-state index is 0. The van der Waals surface area contributed by atoms with Crippen molar-refractivity contribution in [1.82, 2.24) is 29.9 Å². The lowest BCUT2D eigenvalue weighted by molar-refractivity contribution is -0.112. The second-order valence-corrected chi connectivity index (χ2v) is 10.6. The van der Waals surface area contributed by atoms with Crippen LogP contribution in [0.4, 0.5) is 16.6 Å². The number of rotatable bonds is 8. The van der Waals surface area contributed by atoms with E-state index in [1.54, 1.807) is 5.06 Å². The van der Waals surface area contributed by atoms with Crippen LogP contribution < -0.4 is 21.7 Å². The van der Waals surface area contributed by atoms with Gasteiger partial charge in [0, 0.05) is 43.8 Å². The lowest BCUT2D eigenvalue weighted by Crippen LogP contribution is -2.42. The number of anilines is 2. The largest absolute Gasteiger partial charge is 0.426 e. The van der Waals surface area contributed by atoms with Gasteiger partial charge in [0.1, 0.15) is 0 Å². The summed E-state index contributed by atoms with van der Waals surface area (Å²) in [5.74, 6) is 1.45. The number of nitrogens with two attached hydrogens (primary N) is 1. The summed E-state index contributed by atoms with van der Waals surface area (Å²) in [7, 11) is 0. The maximum absolute atomic E-state index is 11.9. The molecule has 0 aromatic carbocycles. The number of hydroxylamine groups is 2. The number of hydrogen-bond acceptors (Lipinski definition) is 9. The Labute approximate surface area is 237 Å². The van der Waals surface area contributed by atoms with Crippen molar-refractivity contribution in [3.63, 3.8) is 0 Å². The summed E-state index contributed by atoms with van der Waals surface area (Å²) < 4.78 is 2.25. The molecule has 214 valence electrons. The van der Waals surface area contributed by atoms with E-state index in [1.165, 1.54) is 25.7 Å². The number of amides is 1. The van der Waals surface area contributed by atoms with Crippen LogP contribution in [-0.2, 0) is 4.84 Å². The SMILES string of the molecule is CCCNC(=O)ON1CCC(Nc2nc(NC3CCC(N)CC3)nc3c2ncn3C2CCCC2)CC1.Cl.Cl. The minimum Gasteiger partial charge on any atom is -0.365 e. The summed E-state index contributed by atoms with van der Waals surface area (Å²) in [6.07, 6.45) is 13.1. The molecule has 2 aliphatic carbocycles. The normalized spacial score (nSPS) is 22.9. The van der Waals surface area contributed by atoms with E-state index in [1.807, 2.05) is 13.3 Å². The van der Waals surface area contributed by atoms with Crippen molar-refractivity contribution in [2.75, 3.05) is 30.3 Å². The molecular weight excluding hydrogens is 529 g/mol. The van der Waals surface area contributed by atoms with Crippen LogP contribution in [0.1, 0.15) is 83.6 Å². The van der Waals surface area contributed by atoms with Gasteiger partial charge in [-0.2, -0.15) is 9.97 Å². The summed E-state index contributed by atoms with van der Waals surface area (Å²) in [5, 5.41) is 11.7. The molecule has 13 heteroatoms. The van der Waals surface area contributed by atoms with E-state index in [4.69, 9.17) is 25.5 Å². The third-order valence-corrected chi connectivity index (χ3v) is 7.77. The first-order valence-corrected chi connectivity index (χ1v) is 13.8. The average molecular weight is 573 g/mol. The van der Waals surface area contributed by atoms with E-state index in [9.17, 15) is 4.79 Å². The first kappa shape index (κ1) is 30.5. The molecule has 5 N–H and O–H groups in total. The molecule has 3 fully saturated rings. The molecule has 0 bridgehead atoms. The van der Waals surface area contributed by atoms with Gasteiger partial charge in [-0.3, -0.25) is 0 Å². The Hall–Kier alpha value is -2.08. The molecule has 2 saturated carbocycles. The number of halogens is 2. The molecule has 3 heterocycles. The maximum Gasteiger partial charge on any atom is 0.426 e. The van der Waals surface area contributed by atoms with Crippen molar-refractivity contribution in [3.05, 3.63) is 6.33 Å². The molecule has 3 aliphatic rings. The fraction of sp³-hybridized carbons (Fsp3) is 0.760. The number of carbonyl (C=O) groups is 1. The van der Waals surface area contributed by atoms with E-state index in [-0.39, 0.29) is 36.9 Å². The Morgan fingerprint density at radius 3 is 2.37 bits per heavy atom. The summed E-state index contributed by atoms with van der Waals surface area (Å²) >= 11 is 0. The number of piperidine rings is 1. The highest BCUT2D eigenvalue weighted by Crippen LogP contribution is 2.33. The van der Waals surface area contributed by atoms with Gasteiger partial charge in [-0.05, 0) is 57.8 Å². The van der Waals surface area contributed by atoms with Crippen molar-refractivity contribution < 1.29 is 9.63 Å². The molecule has 38 heavy (non-hydrogen) atoms. The van der Waals surface area contributed by atoms with Gasteiger partial charge in [0.2, 0.25) is 5.95 Å². The fourth-order valence-corrected chi connectivity index (χ4v) is 5.64. The summed E-state index contributed by atoms with van der Waals surface area (Å²) in [5.41, 5.74) is 7.85. The predicted octanol–water partition coefficient (Wildman–Crippen LogP) is 4.39. The Bertz CT molecular complexity index is 1020. The number of aromatic nitrogens is 4. The molecule has 11 nitrogen and oxygen atoms in total. The zero-order valence-electron chi connectivity index (χ0n) is 22.2. The van der Waals surface area contributed by atoms with Gasteiger partial charge in [-0.15, -0.1) is 29.9 Å². The van der Waals surface area contributed by atoms with Gasteiger partial charge in [-0.1, -0.05) is 19.8 Å². The van der Waals surface area contributed by atoms with Gasteiger partial charge in [-0.25, -0.2) is 9.78 Å². The van der Waals surface area contributed by atoms with Crippen LogP contribution in [0, 0.1) is 0 Å². The zero-order chi connectivity index (χ0) is 24.9. The van der Waals surface area contributed by atoms with Gasteiger partial charge < -0.3 is 31.1 Å². The van der Waals surface area contributed by atoms with Crippen molar-refractivity contribution >= 4 is 53.8 Å². The number of fused-ring (bicyclic) bond motifs is 1. The number of nitrogens with zero attached hydrogens (tertiary/aromatic N) is 5. The lowest BCUT2D eigenvalue weighted by atomic mass is 9.92. The topological polar surface area (TPSA) is 135 Å². The lowest BCUT2D eigenvalue weighted by Gasteiger charge is -2.31. The quantitative estimate of drug-likeness (QED) is 0.363. The molecular formula is C25H43Cl2N9O2. The van der Waals surface area contributed by atoms with Gasteiger partial charge in [0.15, 0.2) is 17.0 Å². The monoisotopic (exact) mass is 571 g/mol. The van der Waals surface area contributed by atoms with Crippen LogP contribution in [-0.4, -0.2) is 68.4 Å². The molecule has 1 aliphatic heterocycles. The van der Waals surface area contributed by atoms with Crippen LogP contribution in [0.3, 0.4) is 0 Å². The van der Waals surface area contributed by atoms with E-state index < -0.39 is 0 Å².